The van der Waals surface area contributed by atoms with E-state index in [1.807, 2.05) is 12.1 Å². The second-order valence-corrected chi connectivity index (χ2v) is 6.76. The Kier molecular flexibility index (Phi) is 4.16. The topological polar surface area (TPSA) is 24.9 Å². The molecule has 1 aromatic heterocycles. The van der Waals surface area contributed by atoms with Crippen LogP contribution in [0.3, 0.4) is 0 Å². The number of hydrogen-bond donors (Lipinski definition) is 1. The first kappa shape index (κ1) is 13.7. The molecule has 2 rings (SSSR count). The van der Waals surface area contributed by atoms with Crippen LogP contribution >= 0.6 is 11.6 Å². The fourth-order valence-electron chi connectivity index (χ4n) is 3.05. The summed E-state index contributed by atoms with van der Waals surface area (Å²) in [6.07, 6.45) is 7.02. The standard InChI is InChI=1S/C15H23ClN2/c1-15(2,3)12-6-4-5-7-13(12)18-11-8-9-17-14(16)10-11/h8-10,12-13H,4-7H2,1-3H3,(H,17,18). The molecule has 1 aromatic rings. The highest BCUT2D eigenvalue weighted by atomic mass is 35.5. The zero-order valence-electron chi connectivity index (χ0n) is 11.5. The third kappa shape index (κ3) is 3.38. The summed E-state index contributed by atoms with van der Waals surface area (Å²) in [6, 6.07) is 4.47. The van der Waals surface area contributed by atoms with E-state index in [1.165, 1.54) is 25.7 Å². The molecule has 1 aliphatic rings. The molecule has 2 nitrogen and oxygen atoms in total. The Balaban J connectivity index is 2.10. The van der Waals surface area contributed by atoms with Gasteiger partial charge in [0.1, 0.15) is 5.15 Å². The second kappa shape index (κ2) is 5.48. The molecular weight excluding hydrogens is 244 g/mol. The molecule has 1 N–H and O–H groups in total. The number of rotatable bonds is 2. The lowest BCUT2D eigenvalue weighted by molar-refractivity contribution is 0.163. The van der Waals surface area contributed by atoms with Gasteiger partial charge in [-0.15, -0.1) is 0 Å². The molecule has 0 bridgehead atoms. The van der Waals surface area contributed by atoms with Gasteiger partial charge in [-0.05, 0) is 36.3 Å². The summed E-state index contributed by atoms with van der Waals surface area (Å²) in [6.45, 7) is 7.03. The Morgan fingerprint density at radius 3 is 2.67 bits per heavy atom. The van der Waals surface area contributed by atoms with Crippen molar-refractivity contribution in [1.29, 1.82) is 0 Å². The van der Waals surface area contributed by atoms with Crippen LogP contribution in [0.5, 0.6) is 0 Å². The Labute approximate surface area is 115 Å². The molecule has 0 radical (unpaired) electrons. The molecule has 0 spiro atoms. The van der Waals surface area contributed by atoms with Crippen LogP contribution in [0.4, 0.5) is 5.69 Å². The van der Waals surface area contributed by atoms with E-state index in [-0.39, 0.29) is 0 Å². The predicted octanol–water partition coefficient (Wildman–Crippen LogP) is 4.75. The third-order valence-corrected chi connectivity index (χ3v) is 4.16. The first-order chi connectivity index (χ1) is 8.47. The number of anilines is 1. The van der Waals surface area contributed by atoms with Crippen molar-refractivity contribution in [2.24, 2.45) is 11.3 Å². The van der Waals surface area contributed by atoms with Crippen molar-refractivity contribution in [2.75, 3.05) is 5.32 Å². The number of hydrogen-bond acceptors (Lipinski definition) is 2. The Bertz CT molecular complexity index is 398. The Morgan fingerprint density at radius 2 is 2.00 bits per heavy atom. The average molecular weight is 267 g/mol. The van der Waals surface area contributed by atoms with Gasteiger partial charge in [0.25, 0.3) is 0 Å². The van der Waals surface area contributed by atoms with E-state index in [2.05, 4.69) is 31.1 Å². The number of nitrogens with zero attached hydrogens (tertiary/aromatic N) is 1. The van der Waals surface area contributed by atoms with Crippen molar-refractivity contribution >= 4 is 17.3 Å². The maximum atomic E-state index is 5.94. The van der Waals surface area contributed by atoms with Crippen LogP contribution < -0.4 is 5.32 Å². The van der Waals surface area contributed by atoms with Gasteiger partial charge in [-0.3, -0.25) is 0 Å². The second-order valence-electron chi connectivity index (χ2n) is 6.38. The number of pyridine rings is 1. The average Bonchev–Trinajstić information content (AvgIpc) is 2.28. The largest absolute Gasteiger partial charge is 0.382 e. The van der Waals surface area contributed by atoms with Crippen molar-refractivity contribution in [2.45, 2.75) is 52.5 Å². The summed E-state index contributed by atoms with van der Waals surface area (Å²) < 4.78 is 0. The van der Waals surface area contributed by atoms with Crippen molar-refractivity contribution in [3.63, 3.8) is 0 Å². The monoisotopic (exact) mass is 266 g/mol. The molecule has 18 heavy (non-hydrogen) atoms. The number of nitrogens with one attached hydrogen (secondary N) is 1. The van der Waals surface area contributed by atoms with Gasteiger partial charge in [-0.1, -0.05) is 45.2 Å². The van der Waals surface area contributed by atoms with Gasteiger partial charge in [-0.25, -0.2) is 4.98 Å². The Morgan fingerprint density at radius 1 is 1.28 bits per heavy atom. The SMILES string of the molecule is CC(C)(C)C1CCCCC1Nc1ccnc(Cl)c1. The maximum Gasteiger partial charge on any atom is 0.131 e. The van der Waals surface area contributed by atoms with E-state index in [0.717, 1.165) is 11.6 Å². The molecule has 2 atom stereocenters. The van der Waals surface area contributed by atoms with Crippen molar-refractivity contribution < 1.29 is 0 Å². The van der Waals surface area contributed by atoms with E-state index in [1.54, 1.807) is 6.20 Å². The molecule has 0 amide bonds. The molecule has 1 aliphatic carbocycles. The summed E-state index contributed by atoms with van der Waals surface area (Å²) in [5.74, 6) is 0.721. The Hall–Kier alpha value is -0.760. The van der Waals surface area contributed by atoms with Gasteiger partial charge in [0.2, 0.25) is 0 Å². The fourth-order valence-corrected chi connectivity index (χ4v) is 3.22. The quantitative estimate of drug-likeness (QED) is 0.782. The summed E-state index contributed by atoms with van der Waals surface area (Å²) in [5.41, 5.74) is 1.45. The molecule has 1 saturated carbocycles. The maximum absolute atomic E-state index is 5.94. The third-order valence-electron chi connectivity index (χ3n) is 3.96. The first-order valence-electron chi connectivity index (χ1n) is 6.85. The van der Waals surface area contributed by atoms with Gasteiger partial charge < -0.3 is 5.32 Å². The molecule has 0 aromatic carbocycles. The van der Waals surface area contributed by atoms with Crippen LogP contribution in [0, 0.1) is 11.3 Å². The fraction of sp³-hybridized carbons (Fsp3) is 0.667. The van der Waals surface area contributed by atoms with E-state index in [9.17, 15) is 0 Å². The van der Waals surface area contributed by atoms with Crippen molar-refractivity contribution in [1.82, 2.24) is 4.98 Å². The normalized spacial score (nSPS) is 24.9. The lowest BCUT2D eigenvalue weighted by Crippen LogP contribution is -2.39. The minimum absolute atomic E-state index is 0.356. The van der Waals surface area contributed by atoms with Crippen LogP contribution in [0.15, 0.2) is 18.3 Å². The van der Waals surface area contributed by atoms with Crippen LogP contribution in [0.2, 0.25) is 5.15 Å². The molecule has 2 unspecified atom stereocenters. The summed E-state index contributed by atoms with van der Waals surface area (Å²) in [4.78, 5) is 4.03. The van der Waals surface area contributed by atoms with E-state index in [0.29, 0.717) is 16.6 Å². The molecule has 100 valence electrons. The highest BCUT2D eigenvalue weighted by Crippen LogP contribution is 2.39. The van der Waals surface area contributed by atoms with Crippen molar-refractivity contribution in [3.8, 4) is 0 Å². The molecule has 1 heterocycles. The minimum Gasteiger partial charge on any atom is -0.382 e. The first-order valence-corrected chi connectivity index (χ1v) is 7.23. The molecule has 0 saturated heterocycles. The zero-order valence-corrected chi connectivity index (χ0v) is 12.3. The summed E-state index contributed by atoms with van der Waals surface area (Å²) in [7, 11) is 0. The van der Waals surface area contributed by atoms with Crippen molar-refractivity contribution in [3.05, 3.63) is 23.5 Å². The smallest absolute Gasteiger partial charge is 0.131 e. The lowest BCUT2D eigenvalue weighted by atomic mass is 9.69. The summed E-state index contributed by atoms with van der Waals surface area (Å²) >= 11 is 5.94. The van der Waals surface area contributed by atoms with Crippen LogP contribution in [0.1, 0.15) is 46.5 Å². The van der Waals surface area contributed by atoms with E-state index >= 15 is 0 Å². The molecule has 1 fully saturated rings. The van der Waals surface area contributed by atoms with E-state index in [4.69, 9.17) is 11.6 Å². The molecule has 0 aliphatic heterocycles. The highest BCUT2D eigenvalue weighted by molar-refractivity contribution is 6.29. The van der Waals surface area contributed by atoms with Gasteiger partial charge in [0, 0.05) is 17.9 Å². The number of aromatic nitrogens is 1. The number of halogens is 1. The van der Waals surface area contributed by atoms with Gasteiger partial charge >= 0.3 is 0 Å². The van der Waals surface area contributed by atoms with Gasteiger partial charge in [0.05, 0.1) is 0 Å². The van der Waals surface area contributed by atoms with Crippen LogP contribution in [-0.4, -0.2) is 11.0 Å². The van der Waals surface area contributed by atoms with Crippen LogP contribution in [0.25, 0.3) is 0 Å². The van der Waals surface area contributed by atoms with Crippen LogP contribution in [-0.2, 0) is 0 Å². The predicted molar refractivity (Wildman–Crippen MR) is 78.1 cm³/mol. The van der Waals surface area contributed by atoms with Gasteiger partial charge in [-0.2, -0.15) is 0 Å². The summed E-state index contributed by atoms with van der Waals surface area (Å²) in [5, 5.41) is 4.21. The molecular formula is C15H23ClN2. The zero-order chi connectivity index (χ0) is 13.2. The minimum atomic E-state index is 0.356. The van der Waals surface area contributed by atoms with Gasteiger partial charge in [0.15, 0.2) is 0 Å². The van der Waals surface area contributed by atoms with E-state index < -0.39 is 0 Å². The lowest BCUT2D eigenvalue weighted by Gasteiger charge is -2.41. The highest BCUT2D eigenvalue weighted by Gasteiger charge is 2.33. The molecule has 3 heteroatoms.